The third-order valence-electron chi connectivity index (χ3n) is 4.61. The molecule has 7 aromatic rings. The second-order valence-corrected chi connectivity index (χ2v) is 9.01. The van der Waals surface area contributed by atoms with Gasteiger partial charge in [-0.05, 0) is 83.2 Å². The molecule has 252 valence electrons. The summed E-state index contributed by atoms with van der Waals surface area (Å²) in [6.07, 6.45) is 21.1. The fourth-order valence-corrected chi connectivity index (χ4v) is 2.32. The molecule has 0 amide bonds. The molecule has 18 heteroatoms. The smallest absolute Gasteiger partial charge is 0.138 e. The maximum atomic E-state index is 3.92. The summed E-state index contributed by atoms with van der Waals surface area (Å²) in [6.45, 7) is 13.2. The van der Waals surface area contributed by atoms with Crippen LogP contribution in [-0.2, 0) is 0 Å². The molecule has 0 saturated carbocycles. The molecule has 49 heavy (non-hydrogen) atoms. The van der Waals surface area contributed by atoms with Gasteiger partial charge >= 0.3 is 0 Å². The zero-order valence-corrected chi connectivity index (χ0v) is 28.4. The zero-order chi connectivity index (χ0) is 35.8. The first kappa shape index (κ1) is 40.3. The first-order valence-corrected chi connectivity index (χ1v) is 14.4. The van der Waals surface area contributed by atoms with E-state index in [2.05, 4.69) is 91.1 Å². The molecule has 0 aromatic carbocycles. The summed E-state index contributed by atoms with van der Waals surface area (Å²) < 4.78 is 0. The highest BCUT2D eigenvalue weighted by atomic mass is 15.3. The lowest BCUT2D eigenvalue weighted by Gasteiger charge is -1.81. The maximum Gasteiger partial charge on any atom is 0.138 e. The second kappa shape index (κ2) is 27.6. The molecule has 0 bridgehead atoms. The summed E-state index contributed by atoms with van der Waals surface area (Å²) in [7, 11) is 0. The van der Waals surface area contributed by atoms with Crippen molar-refractivity contribution >= 4 is 0 Å². The molecular formula is C31H38N18. The molecule has 0 saturated heterocycles. The van der Waals surface area contributed by atoms with Crippen molar-refractivity contribution in [1.82, 2.24) is 91.1 Å². The summed E-state index contributed by atoms with van der Waals surface area (Å²) in [4.78, 5) is 30.6. The standard InChI is InChI=1S/3C5H6N2.4C4H5N3/c1-5-4-6-2-3-7-5;1-5-2-3-6-4-7-5;1-5-6-3-2-4-7-5;1-4-2-6-7-3-5-4;1-4-2-5-3-6-7-4;2*1-4-2-3-5-7-6-4/h3*2-4H,1H3;4*2-3H,1H3. The number of nitrogens with zero attached hydrogens (tertiary/aromatic N) is 18. The maximum absolute atomic E-state index is 3.92. The van der Waals surface area contributed by atoms with Gasteiger partial charge in [-0.25, -0.2) is 29.9 Å². The van der Waals surface area contributed by atoms with Crippen LogP contribution in [0.15, 0.2) is 105 Å². The highest BCUT2D eigenvalue weighted by Crippen LogP contribution is 1.83. The van der Waals surface area contributed by atoms with Crippen LogP contribution in [0.3, 0.4) is 0 Å². The molecule has 7 heterocycles. The molecule has 0 radical (unpaired) electrons. The van der Waals surface area contributed by atoms with Crippen molar-refractivity contribution in [3.05, 3.63) is 145 Å². The molecule has 0 N–H and O–H groups in total. The molecule has 0 atom stereocenters. The lowest BCUT2D eigenvalue weighted by molar-refractivity contribution is 0.839. The van der Waals surface area contributed by atoms with Crippen LogP contribution in [-0.4, -0.2) is 91.1 Å². The van der Waals surface area contributed by atoms with Gasteiger partial charge in [0, 0.05) is 42.9 Å². The van der Waals surface area contributed by atoms with Crippen LogP contribution < -0.4 is 0 Å². The molecular weight excluding hydrogens is 624 g/mol. The summed E-state index contributed by atoms with van der Waals surface area (Å²) in [5.41, 5.74) is 5.51. The fourth-order valence-electron chi connectivity index (χ4n) is 2.32. The molecule has 0 fully saturated rings. The van der Waals surface area contributed by atoms with Gasteiger partial charge in [0.05, 0.1) is 53.3 Å². The van der Waals surface area contributed by atoms with E-state index in [1.807, 2.05) is 54.5 Å². The topological polar surface area (TPSA) is 232 Å². The SMILES string of the molecule is Cc1ccncn1.Cc1ccnnn1.Cc1ccnnn1.Cc1cnccn1.Cc1cncnn1.Cc1cnncn1.Cc1ncccn1. The highest BCUT2D eigenvalue weighted by Gasteiger charge is 1.79. The van der Waals surface area contributed by atoms with E-state index in [-0.39, 0.29) is 0 Å². The Morgan fingerprint density at radius 3 is 1.20 bits per heavy atom. The minimum atomic E-state index is 0.822. The fraction of sp³-hybridized carbons (Fsp3) is 0.226. The third kappa shape index (κ3) is 26.2. The average molecular weight is 663 g/mol. The van der Waals surface area contributed by atoms with Gasteiger partial charge in [-0.2, -0.15) is 10.2 Å². The van der Waals surface area contributed by atoms with E-state index >= 15 is 0 Å². The van der Waals surface area contributed by atoms with Crippen LogP contribution in [0.2, 0.25) is 0 Å². The van der Waals surface area contributed by atoms with Crippen molar-refractivity contribution in [2.24, 2.45) is 0 Å². The Bertz CT molecular complexity index is 1320. The van der Waals surface area contributed by atoms with Gasteiger partial charge in [0.15, 0.2) is 0 Å². The predicted molar refractivity (Wildman–Crippen MR) is 179 cm³/mol. The Hall–Kier alpha value is -6.72. The van der Waals surface area contributed by atoms with Gasteiger partial charge in [-0.15, -0.1) is 30.6 Å². The molecule has 7 aromatic heterocycles. The van der Waals surface area contributed by atoms with E-state index in [1.54, 1.807) is 80.2 Å². The predicted octanol–water partition coefficient (Wildman–Crippen LogP) is 3.08. The zero-order valence-electron chi connectivity index (χ0n) is 28.4. The van der Waals surface area contributed by atoms with E-state index in [0.717, 1.165) is 40.0 Å². The Labute approximate surface area is 284 Å². The number of aryl methyl sites for hydroxylation is 7. The van der Waals surface area contributed by atoms with Crippen molar-refractivity contribution in [3.63, 3.8) is 0 Å². The average Bonchev–Trinajstić information content (AvgIpc) is 3.12. The molecule has 18 nitrogen and oxygen atoms in total. The van der Waals surface area contributed by atoms with Gasteiger partial charge in [0.1, 0.15) is 24.8 Å². The highest BCUT2D eigenvalue weighted by molar-refractivity contribution is 4.93. The Balaban J connectivity index is 0.000000286. The number of aromatic nitrogens is 18. The van der Waals surface area contributed by atoms with E-state index in [4.69, 9.17) is 0 Å². The van der Waals surface area contributed by atoms with E-state index in [0.29, 0.717) is 0 Å². The quantitative estimate of drug-likeness (QED) is 0.227. The van der Waals surface area contributed by atoms with E-state index in [1.165, 1.54) is 19.0 Å². The molecule has 0 spiro atoms. The van der Waals surface area contributed by atoms with Crippen molar-refractivity contribution in [2.45, 2.75) is 48.5 Å². The number of hydrogen-bond acceptors (Lipinski definition) is 18. The Morgan fingerprint density at radius 2 is 0.959 bits per heavy atom. The Morgan fingerprint density at radius 1 is 0.347 bits per heavy atom. The third-order valence-corrected chi connectivity index (χ3v) is 4.61. The Kier molecular flexibility index (Phi) is 22.7. The van der Waals surface area contributed by atoms with Crippen molar-refractivity contribution in [1.29, 1.82) is 0 Å². The van der Waals surface area contributed by atoms with E-state index < -0.39 is 0 Å². The van der Waals surface area contributed by atoms with Crippen molar-refractivity contribution in [2.75, 3.05) is 0 Å². The largest absolute Gasteiger partial charge is 0.261 e. The minimum Gasteiger partial charge on any atom is -0.261 e. The van der Waals surface area contributed by atoms with Gasteiger partial charge in [0.2, 0.25) is 0 Å². The van der Waals surface area contributed by atoms with Crippen LogP contribution in [0.4, 0.5) is 0 Å². The van der Waals surface area contributed by atoms with Gasteiger partial charge in [-0.1, -0.05) is 0 Å². The molecule has 0 aliphatic heterocycles. The molecule has 0 aliphatic rings. The molecule has 7 rings (SSSR count). The lowest BCUT2D eigenvalue weighted by Crippen LogP contribution is -1.85. The summed E-state index contributed by atoms with van der Waals surface area (Å²) in [6, 6.07) is 7.26. The van der Waals surface area contributed by atoms with Crippen molar-refractivity contribution in [3.8, 4) is 0 Å². The number of rotatable bonds is 0. The van der Waals surface area contributed by atoms with Gasteiger partial charge < -0.3 is 0 Å². The summed E-state index contributed by atoms with van der Waals surface area (Å²) in [5, 5.41) is 35.2. The van der Waals surface area contributed by atoms with E-state index in [9.17, 15) is 0 Å². The van der Waals surface area contributed by atoms with Crippen LogP contribution in [0.25, 0.3) is 0 Å². The van der Waals surface area contributed by atoms with Crippen molar-refractivity contribution < 1.29 is 0 Å². The summed E-state index contributed by atoms with van der Waals surface area (Å²) >= 11 is 0. The first-order chi connectivity index (χ1) is 23.8. The van der Waals surface area contributed by atoms with Crippen LogP contribution in [0, 0.1) is 48.5 Å². The molecule has 0 aliphatic carbocycles. The van der Waals surface area contributed by atoms with Crippen LogP contribution in [0.1, 0.15) is 40.0 Å². The van der Waals surface area contributed by atoms with Gasteiger partial charge in [-0.3, -0.25) is 9.97 Å². The van der Waals surface area contributed by atoms with Crippen LogP contribution >= 0.6 is 0 Å². The first-order valence-electron chi connectivity index (χ1n) is 14.4. The summed E-state index contributed by atoms with van der Waals surface area (Å²) in [5.74, 6) is 0.822. The molecule has 0 unspecified atom stereocenters. The second-order valence-electron chi connectivity index (χ2n) is 9.01. The minimum absolute atomic E-state index is 0.822. The monoisotopic (exact) mass is 662 g/mol. The number of hydrogen-bond donors (Lipinski definition) is 0. The van der Waals surface area contributed by atoms with Crippen LogP contribution in [0.5, 0.6) is 0 Å². The normalized spacial score (nSPS) is 8.71. The lowest BCUT2D eigenvalue weighted by atomic mass is 10.5. The van der Waals surface area contributed by atoms with Gasteiger partial charge in [0.25, 0.3) is 0 Å².